The maximum Gasteiger partial charge on any atom is 0.221 e. The predicted molar refractivity (Wildman–Crippen MR) is 63.1 cm³/mol. The zero-order chi connectivity index (χ0) is 12.3. The van der Waals surface area contributed by atoms with Gasteiger partial charge in [0.1, 0.15) is 11.1 Å². The molecule has 0 aliphatic carbocycles. The van der Waals surface area contributed by atoms with Gasteiger partial charge in [-0.15, -0.1) is 11.8 Å². The average molecular weight is 235 g/mol. The highest BCUT2D eigenvalue weighted by atomic mass is 32.2. The lowest BCUT2D eigenvalue weighted by Gasteiger charge is -2.11. The molecule has 0 saturated carbocycles. The van der Waals surface area contributed by atoms with Crippen molar-refractivity contribution in [3.63, 3.8) is 0 Å². The van der Waals surface area contributed by atoms with Crippen LogP contribution in [0.3, 0.4) is 0 Å². The van der Waals surface area contributed by atoms with E-state index in [1.54, 1.807) is 0 Å². The summed E-state index contributed by atoms with van der Waals surface area (Å²) in [6.45, 7) is 3.65. The molecule has 84 valence electrons. The van der Waals surface area contributed by atoms with E-state index in [1.165, 1.54) is 11.8 Å². The third-order valence-corrected chi connectivity index (χ3v) is 3.09. The first kappa shape index (κ1) is 12.5. The molecule has 1 rings (SSSR count). The molecule has 0 saturated heterocycles. The molecule has 4 nitrogen and oxygen atoms in total. The fourth-order valence-electron chi connectivity index (χ4n) is 1.57. The average Bonchev–Trinajstić information content (AvgIpc) is 2.23. The van der Waals surface area contributed by atoms with Crippen LogP contribution in [-0.4, -0.2) is 17.1 Å². The molecule has 0 bridgehead atoms. The fourth-order valence-corrected chi connectivity index (χ4v) is 2.20. The number of pyridine rings is 1. The van der Waals surface area contributed by atoms with Crippen LogP contribution in [0.1, 0.15) is 22.4 Å². The van der Waals surface area contributed by atoms with E-state index in [0.29, 0.717) is 10.6 Å². The molecule has 0 atom stereocenters. The van der Waals surface area contributed by atoms with Gasteiger partial charge in [0.15, 0.2) is 0 Å². The van der Waals surface area contributed by atoms with E-state index in [9.17, 15) is 4.79 Å². The van der Waals surface area contributed by atoms with Gasteiger partial charge in [-0.25, -0.2) is 4.98 Å². The van der Waals surface area contributed by atoms with Crippen molar-refractivity contribution in [3.8, 4) is 6.07 Å². The van der Waals surface area contributed by atoms with Crippen LogP contribution in [0.5, 0.6) is 0 Å². The van der Waals surface area contributed by atoms with Crippen LogP contribution >= 0.6 is 11.8 Å². The lowest BCUT2D eigenvalue weighted by molar-refractivity contribution is -0.117. The van der Waals surface area contributed by atoms with E-state index in [2.05, 4.69) is 11.1 Å². The Morgan fingerprint density at radius 2 is 2.19 bits per heavy atom. The van der Waals surface area contributed by atoms with Gasteiger partial charge in [0.2, 0.25) is 5.91 Å². The van der Waals surface area contributed by atoms with Crippen molar-refractivity contribution < 1.29 is 4.79 Å². The molecule has 0 aliphatic heterocycles. The molecule has 0 spiro atoms. The summed E-state index contributed by atoms with van der Waals surface area (Å²) in [5.74, 6) is -0.409. The largest absolute Gasteiger partial charge is 0.369 e. The van der Waals surface area contributed by atoms with Gasteiger partial charge in [-0.1, -0.05) is 0 Å². The first-order chi connectivity index (χ1) is 7.51. The van der Waals surface area contributed by atoms with Crippen LogP contribution in [0, 0.1) is 25.2 Å². The minimum atomic E-state index is -0.409. The minimum absolute atomic E-state index is 0.133. The molecule has 0 fully saturated rings. The number of rotatable bonds is 3. The number of carbonyl (C=O) groups excluding carboxylic acids is 1. The Morgan fingerprint density at radius 1 is 1.56 bits per heavy atom. The molecule has 0 aromatic carbocycles. The van der Waals surface area contributed by atoms with Crippen LogP contribution in [0.2, 0.25) is 0 Å². The topological polar surface area (TPSA) is 79.8 Å². The summed E-state index contributed by atoms with van der Waals surface area (Å²) in [6.07, 6.45) is 2.00. The van der Waals surface area contributed by atoms with Crippen LogP contribution < -0.4 is 5.73 Å². The molecule has 1 amide bonds. The first-order valence-electron chi connectivity index (χ1n) is 4.73. The highest BCUT2D eigenvalue weighted by Crippen LogP contribution is 2.25. The van der Waals surface area contributed by atoms with Crippen LogP contribution in [0.4, 0.5) is 0 Å². The second-order valence-electron chi connectivity index (χ2n) is 3.44. The Kier molecular flexibility index (Phi) is 3.91. The number of carbonyl (C=O) groups is 1. The van der Waals surface area contributed by atoms with E-state index >= 15 is 0 Å². The van der Waals surface area contributed by atoms with Gasteiger partial charge in [-0.2, -0.15) is 5.26 Å². The Morgan fingerprint density at radius 3 is 2.62 bits per heavy atom. The van der Waals surface area contributed by atoms with Crippen molar-refractivity contribution in [2.24, 2.45) is 5.73 Å². The Balaban J connectivity index is 3.42. The highest BCUT2D eigenvalue weighted by Gasteiger charge is 2.15. The molecule has 0 radical (unpaired) electrons. The smallest absolute Gasteiger partial charge is 0.221 e. The number of nitrogens with two attached hydrogens (primary N) is 1. The molecule has 1 aromatic heterocycles. The van der Waals surface area contributed by atoms with Crippen molar-refractivity contribution in [2.45, 2.75) is 25.3 Å². The molecular formula is C11H13N3OS. The standard InChI is InChI=1S/C11H13N3OS/c1-6-8(4-10(13)15)7(2)14-11(16-3)9(6)5-12/h4H2,1-3H3,(H2,13,15). The summed E-state index contributed by atoms with van der Waals surface area (Å²) in [6, 6.07) is 2.12. The van der Waals surface area contributed by atoms with Crippen LogP contribution in [0.25, 0.3) is 0 Å². The van der Waals surface area contributed by atoms with E-state index in [4.69, 9.17) is 11.0 Å². The molecule has 16 heavy (non-hydrogen) atoms. The number of hydrogen-bond donors (Lipinski definition) is 1. The second-order valence-corrected chi connectivity index (χ2v) is 4.23. The first-order valence-corrected chi connectivity index (χ1v) is 5.96. The number of thioether (sulfide) groups is 1. The number of primary amides is 1. The van der Waals surface area contributed by atoms with Crippen molar-refractivity contribution in [1.82, 2.24) is 4.98 Å². The van der Waals surface area contributed by atoms with Crippen molar-refractivity contribution >= 4 is 17.7 Å². The number of nitrogens with zero attached hydrogens (tertiary/aromatic N) is 2. The molecule has 0 unspecified atom stereocenters. The quantitative estimate of drug-likeness (QED) is 0.801. The van der Waals surface area contributed by atoms with Gasteiger partial charge in [0.25, 0.3) is 0 Å². The van der Waals surface area contributed by atoms with Crippen LogP contribution in [0.15, 0.2) is 5.03 Å². The van der Waals surface area contributed by atoms with Crippen molar-refractivity contribution in [2.75, 3.05) is 6.26 Å². The number of aryl methyl sites for hydroxylation is 1. The molecule has 5 heteroatoms. The van der Waals surface area contributed by atoms with Crippen molar-refractivity contribution in [1.29, 1.82) is 5.26 Å². The fraction of sp³-hybridized carbons (Fsp3) is 0.364. The minimum Gasteiger partial charge on any atom is -0.369 e. The van der Waals surface area contributed by atoms with Gasteiger partial charge in [-0.3, -0.25) is 4.79 Å². The van der Waals surface area contributed by atoms with Crippen LogP contribution in [-0.2, 0) is 11.2 Å². The van der Waals surface area contributed by atoms with Gasteiger partial charge in [-0.05, 0) is 31.2 Å². The maximum absolute atomic E-state index is 10.9. The molecule has 1 aromatic rings. The summed E-state index contributed by atoms with van der Waals surface area (Å²) >= 11 is 1.43. The normalized spacial score (nSPS) is 9.88. The van der Waals surface area contributed by atoms with E-state index in [-0.39, 0.29) is 6.42 Å². The zero-order valence-corrected chi connectivity index (χ0v) is 10.3. The third kappa shape index (κ3) is 2.34. The van der Waals surface area contributed by atoms with Gasteiger partial charge in [0, 0.05) is 5.69 Å². The Bertz CT molecular complexity index is 477. The molecule has 1 heterocycles. The number of hydrogen-bond acceptors (Lipinski definition) is 4. The Labute approximate surface area is 98.9 Å². The second kappa shape index (κ2) is 4.99. The number of aromatic nitrogens is 1. The summed E-state index contributed by atoms with van der Waals surface area (Å²) in [5, 5.41) is 9.76. The number of nitriles is 1. The predicted octanol–water partition coefficient (Wildman–Crippen LogP) is 1.32. The maximum atomic E-state index is 10.9. The lowest BCUT2D eigenvalue weighted by Crippen LogP contribution is -2.16. The van der Waals surface area contributed by atoms with Gasteiger partial charge >= 0.3 is 0 Å². The third-order valence-electron chi connectivity index (χ3n) is 2.40. The molecule has 0 aliphatic rings. The van der Waals surface area contributed by atoms with E-state index in [1.807, 2.05) is 20.1 Å². The zero-order valence-electron chi connectivity index (χ0n) is 9.50. The van der Waals surface area contributed by atoms with Crippen molar-refractivity contribution in [3.05, 3.63) is 22.4 Å². The lowest BCUT2D eigenvalue weighted by atomic mass is 10.0. The monoisotopic (exact) mass is 235 g/mol. The Hall–Kier alpha value is -1.54. The van der Waals surface area contributed by atoms with Gasteiger partial charge < -0.3 is 5.73 Å². The van der Waals surface area contributed by atoms with Gasteiger partial charge in [0.05, 0.1) is 12.0 Å². The summed E-state index contributed by atoms with van der Waals surface area (Å²) in [7, 11) is 0. The van der Waals surface area contributed by atoms with E-state index in [0.717, 1.165) is 16.8 Å². The molecule has 2 N–H and O–H groups in total. The van der Waals surface area contributed by atoms with E-state index < -0.39 is 5.91 Å². The number of amides is 1. The highest BCUT2D eigenvalue weighted by molar-refractivity contribution is 7.98. The summed E-state index contributed by atoms with van der Waals surface area (Å²) in [4.78, 5) is 15.2. The summed E-state index contributed by atoms with van der Waals surface area (Å²) in [5.41, 5.74) is 8.04. The molecular weight excluding hydrogens is 222 g/mol. The SMILES string of the molecule is CSc1nc(C)c(CC(N)=O)c(C)c1C#N. The summed E-state index contributed by atoms with van der Waals surface area (Å²) < 4.78 is 0.